The first-order chi connectivity index (χ1) is 15.9. The molecule has 0 unspecified atom stereocenters. The normalized spacial score (nSPS) is 13.6. The van der Waals surface area contributed by atoms with Crippen LogP contribution in [0.15, 0.2) is 48.5 Å². The number of thiocarbonyl (C=S) groups is 1. The summed E-state index contributed by atoms with van der Waals surface area (Å²) >= 11 is 5.09. The van der Waals surface area contributed by atoms with Gasteiger partial charge in [0.15, 0.2) is 5.11 Å². The smallest absolute Gasteiger partial charge is 0.269 e. The summed E-state index contributed by atoms with van der Waals surface area (Å²) in [6, 6.07) is 13.8. The number of rotatable bonds is 6. The van der Waals surface area contributed by atoms with Gasteiger partial charge in [-0.2, -0.15) is 0 Å². The summed E-state index contributed by atoms with van der Waals surface area (Å²) < 4.78 is 0. The first-order valence-corrected chi connectivity index (χ1v) is 11.7. The zero-order valence-electron chi connectivity index (χ0n) is 18.8. The van der Waals surface area contributed by atoms with Gasteiger partial charge in [0.1, 0.15) is 0 Å². The molecule has 0 heterocycles. The van der Waals surface area contributed by atoms with Crippen molar-refractivity contribution in [3.05, 3.63) is 65.2 Å². The van der Waals surface area contributed by atoms with Gasteiger partial charge in [-0.1, -0.05) is 50.3 Å². The van der Waals surface area contributed by atoms with Crippen LogP contribution in [-0.4, -0.2) is 22.8 Å². The number of anilines is 1. The van der Waals surface area contributed by atoms with Crippen molar-refractivity contribution in [3.63, 3.8) is 0 Å². The van der Waals surface area contributed by atoms with Gasteiger partial charge in [-0.15, -0.1) is 0 Å². The molecule has 33 heavy (non-hydrogen) atoms. The molecule has 1 saturated carbocycles. The van der Waals surface area contributed by atoms with Gasteiger partial charge in [0, 0.05) is 23.2 Å². The van der Waals surface area contributed by atoms with Gasteiger partial charge in [0.2, 0.25) is 5.91 Å². The second-order valence-electron chi connectivity index (χ2n) is 8.35. The fourth-order valence-electron chi connectivity index (χ4n) is 3.95. The van der Waals surface area contributed by atoms with E-state index in [0.29, 0.717) is 29.2 Å². The van der Waals surface area contributed by atoms with Crippen LogP contribution in [0.4, 0.5) is 5.69 Å². The van der Waals surface area contributed by atoms with E-state index in [0.717, 1.165) is 12.0 Å². The van der Waals surface area contributed by atoms with Gasteiger partial charge in [0.25, 0.3) is 11.8 Å². The number of carbonyl (C=O) groups is 3. The summed E-state index contributed by atoms with van der Waals surface area (Å²) in [5.74, 6) is -0.154. The third-order valence-electron chi connectivity index (χ3n) is 5.84. The minimum atomic E-state index is -0.411. The highest BCUT2D eigenvalue weighted by Gasteiger charge is 2.15. The highest BCUT2D eigenvalue weighted by Crippen LogP contribution is 2.27. The van der Waals surface area contributed by atoms with E-state index in [2.05, 4.69) is 21.5 Å². The molecule has 0 aliphatic heterocycles. The number of hydrazine groups is 1. The lowest BCUT2D eigenvalue weighted by atomic mass is 9.86. The average molecular weight is 467 g/mol. The minimum absolute atomic E-state index is 0.0547. The van der Waals surface area contributed by atoms with Crippen LogP contribution in [0, 0.1) is 12.8 Å². The maximum Gasteiger partial charge on any atom is 0.269 e. The van der Waals surface area contributed by atoms with Crippen LogP contribution in [0.1, 0.15) is 71.2 Å². The van der Waals surface area contributed by atoms with Crippen LogP contribution in [-0.2, 0) is 4.79 Å². The second-order valence-corrected chi connectivity index (χ2v) is 8.75. The largest absolute Gasteiger partial charge is 0.322 e. The molecule has 7 nitrogen and oxygen atoms in total. The number of hydrogen-bond donors (Lipinski definition) is 4. The summed E-state index contributed by atoms with van der Waals surface area (Å²) in [6.45, 7) is 1.87. The van der Waals surface area contributed by atoms with E-state index in [1.807, 2.05) is 25.1 Å². The number of amides is 3. The molecule has 1 aliphatic rings. The number of nitrogens with one attached hydrogen (secondary N) is 4. The van der Waals surface area contributed by atoms with Gasteiger partial charge >= 0.3 is 0 Å². The van der Waals surface area contributed by atoms with Crippen molar-refractivity contribution >= 4 is 40.7 Å². The molecule has 1 aliphatic carbocycles. The van der Waals surface area contributed by atoms with Gasteiger partial charge in [-0.25, -0.2) is 0 Å². The average Bonchev–Trinajstić information content (AvgIpc) is 2.82. The van der Waals surface area contributed by atoms with Crippen molar-refractivity contribution in [1.29, 1.82) is 0 Å². The molecule has 1 fully saturated rings. The molecule has 0 bridgehead atoms. The Kier molecular flexibility index (Phi) is 8.95. The Balaban J connectivity index is 1.40. The van der Waals surface area contributed by atoms with E-state index in [4.69, 9.17) is 12.2 Å². The Bertz CT molecular complexity index is 1000. The first kappa shape index (κ1) is 24.4. The topological polar surface area (TPSA) is 99.3 Å². The lowest BCUT2D eigenvalue weighted by molar-refractivity contribution is -0.120. The first-order valence-electron chi connectivity index (χ1n) is 11.3. The van der Waals surface area contributed by atoms with Crippen molar-refractivity contribution in [2.24, 2.45) is 5.92 Å². The molecule has 3 amide bonds. The lowest BCUT2D eigenvalue weighted by Gasteiger charge is -2.21. The number of carbonyl (C=O) groups excluding carboxylic acids is 3. The third-order valence-corrected chi connectivity index (χ3v) is 6.05. The minimum Gasteiger partial charge on any atom is -0.322 e. The zero-order valence-corrected chi connectivity index (χ0v) is 19.6. The quantitative estimate of drug-likeness (QED) is 0.377. The van der Waals surface area contributed by atoms with Crippen LogP contribution in [0.3, 0.4) is 0 Å². The molecular formula is C25H30N4O3S. The molecule has 2 aromatic rings. The Morgan fingerprint density at radius 1 is 0.909 bits per heavy atom. The summed E-state index contributed by atoms with van der Waals surface area (Å²) in [6.07, 6.45) is 7.47. The van der Waals surface area contributed by atoms with Crippen LogP contribution in [0.5, 0.6) is 0 Å². The highest BCUT2D eigenvalue weighted by molar-refractivity contribution is 7.80. The molecule has 0 saturated heterocycles. The van der Waals surface area contributed by atoms with Crippen LogP contribution in [0.2, 0.25) is 0 Å². The van der Waals surface area contributed by atoms with Crippen LogP contribution < -0.4 is 21.5 Å². The molecule has 8 heteroatoms. The molecule has 0 atom stereocenters. The van der Waals surface area contributed by atoms with Crippen molar-refractivity contribution < 1.29 is 14.4 Å². The highest BCUT2D eigenvalue weighted by atomic mass is 32.1. The Hall–Kier alpha value is -3.26. The van der Waals surface area contributed by atoms with E-state index in [9.17, 15) is 14.4 Å². The third kappa shape index (κ3) is 7.68. The summed E-state index contributed by atoms with van der Waals surface area (Å²) in [4.78, 5) is 36.8. The second kappa shape index (κ2) is 12.1. The molecule has 0 aromatic heterocycles. The van der Waals surface area contributed by atoms with Crippen molar-refractivity contribution in [2.75, 3.05) is 5.32 Å². The lowest BCUT2D eigenvalue weighted by Crippen LogP contribution is -2.48. The molecule has 0 radical (unpaired) electrons. The Morgan fingerprint density at radius 2 is 1.61 bits per heavy atom. The Morgan fingerprint density at radius 3 is 2.30 bits per heavy atom. The van der Waals surface area contributed by atoms with Crippen LogP contribution in [0.25, 0.3) is 0 Å². The van der Waals surface area contributed by atoms with E-state index in [-0.39, 0.29) is 16.9 Å². The van der Waals surface area contributed by atoms with E-state index in [1.165, 1.54) is 32.1 Å². The molecular weight excluding hydrogens is 436 g/mol. The predicted molar refractivity (Wildman–Crippen MR) is 133 cm³/mol. The molecule has 0 spiro atoms. The summed E-state index contributed by atoms with van der Waals surface area (Å²) in [5.41, 5.74) is 7.46. The monoisotopic (exact) mass is 466 g/mol. The summed E-state index contributed by atoms with van der Waals surface area (Å²) in [5, 5.41) is 5.47. The zero-order chi connectivity index (χ0) is 23.6. The molecule has 174 valence electrons. The van der Waals surface area contributed by atoms with E-state index >= 15 is 0 Å². The maximum absolute atomic E-state index is 12.4. The fourth-order valence-corrected chi connectivity index (χ4v) is 4.11. The van der Waals surface area contributed by atoms with Gasteiger partial charge < -0.3 is 10.6 Å². The van der Waals surface area contributed by atoms with Crippen molar-refractivity contribution in [3.8, 4) is 0 Å². The number of aryl methyl sites for hydroxylation is 1. The van der Waals surface area contributed by atoms with Gasteiger partial charge in [-0.05, 0) is 67.4 Å². The SMILES string of the molecule is Cc1ccccc1C(=O)Nc1ccc(C(=O)NNC(=S)NC(=O)CCC2CCCCC2)cc1. The van der Waals surface area contributed by atoms with Crippen molar-refractivity contribution in [2.45, 2.75) is 51.9 Å². The summed E-state index contributed by atoms with van der Waals surface area (Å²) in [7, 11) is 0. The standard InChI is InChI=1S/C25H30N4O3S/c1-17-7-5-6-10-21(17)24(32)26-20-14-12-19(13-15-20)23(31)28-29-25(33)27-22(30)16-11-18-8-3-2-4-9-18/h5-7,10,12-15,18H,2-4,8-9,11,16H2,1H3,(H,26,32)(H,28,31)(H2,27,29,30,33). The fraction of sp³-hybridized carbons (Fsp3) is 0.360. The van der Waals surface area contributed by atoms with Crippen molar-refractivity contribution in [1.82, 2.24) is 16.2 Å². The molecule has 3 rings (SSSR count). The maximum atomic E-state index is 12.4. The predicted octanol–water partition coefficient (Wildman–Crippen LogP) is 4.24. The van der Waals surface area contributed by atoms with Gasteiger partial charge in [-0.3, -0.25) is 25.2 Å². The molecule has 4 N–H and O–H groups in total. The van der Waals surface area contributed by atoms with Crippen LogP contribution >= 0.6 is 12.2 Å². The number of hydrogen-bond acceptors (Lipinski definition) is 4. The molecule has 2 aromatic carbocycles. The Labute approximate surface area is 199 Å². The van der Waals surface area contributed by atoms with Gasteiger partial charge in [0.05, 0.1) is 0 Å². The van der Waals surface area contributed by atoms with E-state index in [1.54, 1.807) is 30.3 Å². The van der Waals surface area contributed by atoms with E-state index < -0.39 is 5.91 Å². The number of benzene rings is 2.